The van der Waals surface area contributed by atoms with Crippen LogP contribution >= 0.6 is 0 Å². The van der Waals surface area contributed by atoms with Crippen LogP contribution in [0.25, 0.3) is 0 Å². The second-order valence-corrected chi connectivity index (χ2v) is 7.17. The minimum Gasteiger partial charge on any atom is -0.387 e. The van der Waals surface area contributed by atoms with Crippen molar-refractivity contribution in [1.29, 1.82) is 0 Å². The summed E-state index contributed by atoms with van der Waals surface area (Å²) < 4.78 is 22.9. The molecule has 16 heavy (non-hydrogen) atoms. The Morgan fingerprint density at radius 2 is 1.81 bits per heavy atom. The number of hydrogen-bond acceptors (Lipinski definition) is 3. The van der Waals surface area contributed by atoms with Crippen LogP contribution in [0, 0.1) is 5.92 Å². The van der Waals surface area contributed by atoms with Gasteiger partial charge in [0.1, 0.15) is 0 Å². The van der Waals surface area contributed by atoms with Crippen molar-refractivity contribution >= 4 is 15.7 Å². The fourth-order valence-corrected chi connectivity index (χ4v) is 4.24. The van der Waals surface area contributed by atoms with Gasteiger partial charge in [0.15, 0.2) is 9.84 Å². The molecular weight excluding hydrogens is 224 g/mol. The summed E-state index contributed by atoms with van der Waals surface area (Å²) in [5.41, 5.74) is 5.95. The lowest BCUT2D eigenvalue weighted by molar-refractivity contribution is 0.550. The first-order chi connectivity index (χ1) is 7.57. The van der Waals surface area contributed by atoms with E-state index in [9.17, 15) is 8.42 Å². The molecule has 2 N–H and O–H groups in total. The van der Waals surface area contributed by atoms with Gasteiger partial charge in [0.2, 0.25) is 0 Å². The van der Waals surface area contributed by atoms with Crippen LogP contribution in [-0.4, -0.2) is 31.8 Å². The lowest BCUT2D eigenvalue weighted by Gasteiger charge is -2.20. The van der Waals surface area contributed by atoms with Gasteiger partial charge in [-0.2, -0.15) is 0 Å². The maximum Gasteiger partial charge on any atom is 0.152 e. The molecule has 0 bridgehead atoms. The number of nitrogens with zero attached hydrogens (tertiary/aromatic N) is 1. The summed E-state index contributed by atoms with van der Waals surface area (Å²) >= 11 is 0. The fraction of sp³-hybridized carbons (Fsp3) is 0.909. The van der Waals surface area contributed by atoms with Gasteiger partial charge in [-0.3, -0.25) is 4.99 Å². The molecule has 0 spiro atoms. The zero-order valence-corrected chi connectivity index (χ0v) is 10.4. The molecule has 1 aliphatic carbocycles. The predicted molar refractivity (Wildman–Crippen MR) is 65.3 cm³/mol. The van der Waals surface area contributed by atoms with Gasteiger partial charge in [0, 0.05) is 5.92 Å². The van der Waals surface area contributed by atoms with E-state index in [1.165, 1.54) is 12.8 Å². The highest BCUT2D eigenvalue weighted by Gasteiger charge is 2.26. The first-order valence-electron chi connectivity index (χ1n) is 6.10. The number of aliphatic imine (C=N–C) groups is 1. The van der Waals surface area contributed by atoms with Crippen LogP contribution in [0.1, 0.15) is 38.5 Å². The van der Waals surface area contributed by atoms with Crippen molar-refractivity contribution in [3.05, 3.63) is 0 Å². The third kappa shape index (κ3) is 2.97. The van der Waals surface area contributed by atoms with Gasteiger partial charge < -0.3 is 5.73 Å². The van der Waals surface area contributed by atoms with Crippen molar-refractivity contribution in [3.63, 3.8) is 0 Å². The number of amidine groups is 1. The summed E-state index contributed by atoms with van der Waals surface area (Å²) in [6.45, 7) is 0. The van der Waals surface area contributed by atoms with E-state index in [2.05, 4.69) is 4.99 Å². The first kappa shape index (κ1) is 11.9. The van der Waals surface area contributed by atoms with Crippen LogP contribution in [0.5, 0.6) is 0 Å². The molecule has 0 aromatic rings. The molecule has 0 aromatic heterocycles. The molecule has 1 unspecified atom stereocenters. The SMILES string of the molecule is NC(=NC1CCCS(=O)(=O)C1)C1CCCC1. The molecule has 5 heteroatoms. The van der Waals surface area contributed by atoms with E-state index in [1.807, 2.05) is 0 Å². The molecule has 2 fully saturated rings. The molecule has 1 saturated carbocycles. The molecule has 4 nitrogen and oxygen atoms in total. The summed E-state index contributed by atoms with van der Waals surface area (Å²) in [5, 5.41) is 0. The second-order valence-electron chi connectivity index (χ2n) is 4.95. The highest BCUT2D eigenvalue weighted by atomic mass is 32.2. The van der Waals surface area contributed by atoms with Crippen LogP contribution in [-0.2, 0) is 9.84 Å². The highest BCUT2D eigenvalue weighted by molar-refractivity contribution is 7.91. The highest BCUT2D eigenvalue weighted by Crippen LogP contribution is 2.25. The van der Waals surface area contributed by atoms with Gasteiger partial charge in [-0.05, 0) is 25.7 Å². The van der Waals surface area contributed by atoms with Crippen molar-refractivity contribution < 1.29 is 8.42 Å². The lowest BCUT2D eigenvalue weighted by Crippen LogP contribution is -2.31. The van der Waals surface area contributed by atoms with E-state index in [0.29, 0.717) is 17.5 Å². The van der Waals surface area contributed by atoms with Gasteiger partial charge in [-0.1, -0.05) is 12.8 Å². The largest absolute Gasteiger partial charge is 0.387 e. The Hall–Kier alpha value is -0.580. The average molecular weight is 244 g/mol. The van der Waals surface area contributed by atoms with Crippen LogP contribution in [0.3, 0.4) is 0 Å². The van der Waals surface area contributed by atoms with Crippen molar-refractivity contribution in [3.8, 4) is 0 Å². The molecule has 1 heterocycles. The number of sulfone groups is 1. The number of rotatable bonds is 2. The molecule has 1 aliphatic heterocycles. The minimum absolute atomic E-state index is 0.0839. The topological polar surface area (TPSA) is 72.5 Å². The summed E-state index contributed by atoms with van der Waals surface area (Å²) in [5.74, 6) is 1.62. The monoisotopic (exact) mass is 244 g/mol. The van der Waals surface area contributed by atoms with Gasteiger partial charge in [0.25, 0.3) is 0 Å². The molecule has 1 saturated heterocycles. The predicted octanol–water partition coefficient (Wildman–Crippen LogP) is 1.11. The maximum absolute atomic E-state index is 11.5. The van der Waals surface area contributed by atoms with E-state index >= 15 is 0 Å². The third-order valence-electron chi connectivity index (χ3n) is 3.54. The molecule has 0 radical (unpaired) electrons. The second kappa shape index (κ2) is 4.73. The smallest absolute Gasteiger partial charge is 0.152 e. The van der Waals surface area contributed by atoms with Crippen molar-refractivity contribution in [2.45, 2.75) is 44.6 Å². The van der Waals surface area contributed by atoms with E-state index < -0.39 is 9.84 Å². The van der Waals surface area contributed by atoms with Crippen LogP contribution < -0.4 is 5.73 Å². The zero-order valence-electron chi connectivity index (χ0n) is 9.56. The Kier molecular flexibility index (Phi) is 3.52. The average Bonchev–Trinajstić information content (AvgIpc) is 2.68. The van der Waals surface area contributed by atoms with E-state index in [-0.39, 0.29) is 11.8 Å². The van der Waals surface area contributed by atoms with Crippen LogP contribution in [0.2, 0.25) is 0 Å². The summed E-state index contributed by atoms with van der Waals surface area (Å²) in [6.07, 6.45) is 6.29. The molecule has 92 valence electrons. The Bertz CT molecular complexity index is 369. The molecule has 2 rings (SSSR count). The first-order valence-corrected chi connectivity index (χ1v) is 7.92. The van der Waals surface area contributed by atoms with Crippen LogP contribution in [0.15, 0.2) is 4.99 Å². The number of nitrogens with two attached hydrogens (primary N) is 1. The summed E-state index contributed by atoms with van der Waals surface area (Å²) in [4.78, 5) is 4.43. The van der Waals surface area contributed by atoms with Gasteiger partial charge in [-0.15, -0.1) is 0 Å². The van der Waals surface area contributed by atoms with Gasteiger partial charge in [0.05, 0.1) is 23.4 Å². The van der Waals surface area contributed by atoms with Crippen LogP contribution in [0.4, 0.5) is 0 Å². The molecule has 0 aromatic carbocycles. The van der Waals surface area contributed by atoms with E-state index in [4.69, 9.17) is 5.73 Å². The Morgan fingerprint density at radius 3 is 2.44 bits per heavy atom. The fourth-order valence-electron chi connectivity index (χ4n) is 2.64. The number of hydrogen-bond donors (Lipinski definition) is 1. The summed E-state index contributed by atoms with van der Waals surface area (Å²) in [7, 11) is -2.86. The lowest BCUT2D eigenvalue weighted by atomic mass is 10.1. The van der Waals surface area contributed by atoms with E-state index in [1.54, 1.807) is 0 Å². The molecular formula is C11H20N2O2S. The maximum atomic E-state index is 11.5. The van der Waals surface area contributed by atoms with Crippen molar-refractivity contribution in [2.75, 3.05) is 11.5 Å². The zero-order chi connectivity index (χ0) is 11.6. The Labute approximate surface area is 97.2 Å². The third-order valence-corrected chi connectivity index (χ3v) is 5.35. The van der Waals surface area contributed by atoms with Crippen molar-refractivity contribution in [1.82, 2.24) is 0 Å². The molecule has 1 atom stereocenters. The normalized spacial score (nSPS) is 31.8. The van der Waals surface area contributed by atoms with Gasteiger partial charge >= 0.3 is 0 Å². The molecule has 0 amide bonds. The Balaban J connectivity index is 1.99. The standard InChI is InChI=1S/C11H20N2O2S/c12-11(9-4-1-2-5-9)13-10-6-3-7-16(14,15)8-10/h9-10H,1-8H2,(H2,12,13). The van der Waals surface area contributed by atoms with Gasteiger partial charge in [-0.25, -0.2) is 8.42 Å². The Morgan fingerprint density at radius 1 is 1.12 bits per heavy atom. The quantitative estimate of drug-likeness (QED) is 0.584. The van der Waals surface area contributed by atoms with E-state index in [0.717, 1.165) is 25.7 Å². The molecule has 2 aliphatic rings. The summed E-state index contributed by atoms with van der Waals surface area (Å²) in [6, 6.07) is -0.0839. The van der Waals surface area contributed by atoms with Crippen molar-refractivity contribution in [2.24, 2.45) is 16.6 Å². The minimum atomic E-state index is -2.86.